The second-order valence-electron chi connectivity index (χ2n) is 7.88. The monoisotopic (exact) mass is 384 g/mol. The number of rotatable bonds is 3. The lowest BCUT2D eigenvalue weighted by Gasteiger charge is -2.35. The number of halogens is 1. The smallest absolute Gasteiger partial charge is 0.259 e. The first-order valence-corrected chi connectivity index (χ1v) is 9.80. The molecular formula is C21H25ClN4O. The lowest BCUT2D eigenvalue weighted by atomic mass is 9.93. The van der Waals surface area contributed by atoms with Crippen molar-refractivity contribution < 1.29 is 4.79 Å². The van der Waals surface area contributed by atoms with Crippen LogP contribution < -0.4 is 15.1 Å². The zero-order valence-corrected chi connectivity index (χ0v) is 16.8. The second kappa shape index (κ2) is 6.80. The lowest BCUT2D eigenvalue weighted by molar-refractivity contribution is 0.0982. The van der Waals surface area contributed by atoms with Crippen LogP contribution in [0.3, 0.4) is 0 Å². The Morgan fingerprint density at radius 1 is 1.22 bits per heavy atom. The first-order valence-electron chi connectivity index (χ1n) is 9.43. The molecule has 2 aliphatic rings. The number of nitrogens with zero attached hydrogens (tertiary/aromatic N) is 3. The molecule has 2 aliphatic heterocycles. The lowest BCUT2D eigenvalue weighted by Crippen LogP contribution is -2.42. The number of pyridine rings is 1. The molecule has 6 heteroatoms. The molecule has 1 N–H and O–H groups in total. The first-order chi connectivity index (χ1) is 12.9. The van der Waals surface area contributed by atoms with Crippen molar-refractivity contribution >= 4 is 28.9 Å². The van der Waals surface area contributed by atoms with Gasteiger partial charge >= 0.3 is 0 Å². The van der Waals surface area contributed by atoms with Gasteiger partial charge in [0.25, 0.3) is 5.91 Å². The Morgan fingerprint density at radius 3 is 2.70 bits per heavy atom. The summed E-state index contributed by atoms with van der Waals surface area (Å²) in [5, 5.41) is 4.05. The minimum Gasteiger partial charge on any atom is -0.370 e. The highest BCUT2D eigenvalue weighted by molar-refractivity contribution is 6.31. The predicted octanol–water partition coefficient (Wildman–Crippen LogP) is 3.82. The van der Waals surface area contributed by atoms with Gasteiger partial charge in [-0.25, -0.2) is 0 Å². The van der Waals surface area contributed by atoms with Gasteiger partial charge in [-0.05, 0) is 69.6 Å². The third-order valence-corrected chi connectivity index (χ3v) is 6.10. The van der Waals surface area contributed by atoms with E-state index in [9.17, 15) is 4.79 Å². The number of aromatic nitrogens is 1. The van der Waals surface area contributed by atoms with Gasteiger partial charge in [0.1, 0.15) is 0 Å². The number of hydrogen-bond acceptors (Lipinski definition) is 4. The van der Waals surface area contributed by atoms with E-state index in [1.165, 1.54) is 0 Å². The van der Waals surface area contributed by atoms with Crippen LogP contribution in [-0.2, 0) is 5.54 Å². The van der Waals surface area contributed by atoms with E-state index in [0.29, 0.717) is 16.6 Å². The molecule has 0 aliphatic carbocycles. The predicted molar refractivity (Wildman–Crippen MR) is 110 cm³/mol. The van der Waals surface area contributed by atoms with Crippen LogP contribution in [0.1, 0.15) is 42.6 Å². The Morgan fingerprint density at radius 2 is 1.96 bits per heavy atom. The zero-order valence-electron chi connectivity index (χ0n) is 16.0. The van der Waals surface area contributed by atoms with Crippen molar-refractivity contribution in [2.45, 2.75) is 38.3 Å². The van der Waals surface area contributed by atoms with E-state index in [4.69, 9.17) is 11.6 Å². The molecule has 2 aromatic rings. The molecule has 1 aromatic carbocycles. The Labute approximate surface area is 165 Å². The molecule has 5 nitrogen and oxygen atoms in total. The highest BCUT2D eigenvalue weighted by atomic mass is 35.5. The molecule has 1 fully saturated rings. The number of amides is 1. The summed E-state index contributed by atoms with van der Waals surface area (Å²) in [5.74, 6) is -0.00450. The van der Waals surface area contributed by atoms with Gasteiger partial charge < -0.3 is 10.2 Å². The molecule has 3 heterocycles. The summed E-state index contributed by atoms with van der Waals surface area (Å²) < 4.78 is 0. The van der Waals surface area contributed by atoms with Crippen LogP contribution in [0.15, 0.2) is 36.7 Å². The Balaban J connectivity index is 1.69. The van der Waals surface area contributed by atoms with E-state index < -0.39 is 5.54 Å². The Hall–Kier alpha value is -2.11. The van der Waals surface area contributed by atoms with Crippen molar-refractivity contribution in [1.29, 1.82) is 0 Å². The van der Waals surface area contributed by atoms with Crippen molar-refractivity contribution in [2.75, 3.05) is 29.9 Å². The zero-order chi connectivity index (χ0) is 19.2. The van der Waals surface area contributed by atoms with E-state index >= 15 is 0 Å². The fourth-order valence-electron chi connectivity index (χ4n) is 4.28. The van der Waals surface area contributed by atoms with E-state index in [2.05, 4.69) is 42.2 Å². The van der Waals surface area contributed by atoms with Gasteiger partial charge in [0.05, 0.1) is 29.3 Å². The van der Waals surface area contributed by atoms with Crippen LogP contribution in [-0.4, -0.2) is 37.1 Å². The number of carbonyl (C=O) groups is 1. The van der Waals surface area contributed by atoms with Crippen molar-refractivity contribution in [3.05, 3.63) is 52.8 Å². The minimum absolute atomic E-state index is 0.00450. The van der Waals surface area contributed by atoms with Crippen LogP contribution >= 0.6 is 11.6 Å². The molecule has 0 saturated carbocycles. The summed E-state index contributed by atoms with van der Waals surface area (Å²) in [6.45, 7) is 6.18. The molecule has 142 valence electrons. The van der Waals surface area contributed by atoms with E-state index in [1.54, 1.807) is 12.3 Å². The van der Waals surface area contributed by atoms with E-state index in [-0.39, 0.29) is 5.91 Å². The maximum Gasteiger partial charge on any atom is 0.259 e. The average molecular weight is 385 g/mol. The van der Waals surface area contributed by atoms with Crippen LogP contribution in [0.2, 0.25) is 5.02 Å². The topological polar surface area (TPSA) is 48.5 Å². The van der Waals surface area contributed by atoms with Crippen LogP contribution in [0.25, 0.3) is 0 Å². The van der Waals surface area contributed by atoms with Crippen molar-refractivity contribution in [2.24, 2.45) is 0 Å². The molecule has 0 bridgehead atoms. The quantitative estimate of drug-likeness (QED) is 0.873. The summed E-state index contributed by atoms with van der Waals surface area (Å²) in [6.07, 6.45) is 5.87. The highest BCUT2D eigenvalue weighted by Gasteiger charge is 2.44. The first kappa shape index (κ1) is 18.3. The molecule has 1 amide bonds. The Bertz CT molecular complexity index is 876. The third-order valence-electron chi connectivity index (χ3n) is 5.86. The van der Waals surface area contributed by atoms with Gasteiger partial charge in [0.2, 0.25) is 0 Å². The number of benzene rings is 1. The average Bonchev–Trinajstić information content (AvgIpc) is 2.87. The standard InChI is InChI=1S/C21H25ClN4O/c1-21(2)19-10-14(22)4-5-18(19)20(27)26(21)17-11-16(12-24-13-17)25(3)15-6-8-23-9-7-15/h4-5,10-13,15,23H,6-9H2,1-3H3. The molecule has 27 heavy (non-hydrogen) atoms. The number of anilines is 2. The summed E-state index contributed by atoms with van der Waals surface area (Å²) in [6, 6.07) is 8.05. The SMILES string of the molecule is CN(c1cncc(N2C(=O)c3ccc(Cl)cc3C2(C)C)c1)C1CCNCC1. The van der Waals surface area contributed by atoms with Gasteiger partial charge in [0.15, 0.2) is 0 Å². The summed E-state index contributed by atoms with van der Waals surface area (Å²) >= 11 is 6.19. The third kappa shape index (κ3) is 3.09. The normalized spacial score (nSPS) is 19.3. The largest absolute Gasteiger partial charge is 0.370 e. The number of piperidine rings is 1. The van der Waals surface area contributed by atoms with Crippen LogP contribution in [0.4, 0.5) is 11.4 Å². The van der Waals surface area contributed by atoms with Crippen molar-refractivity contribution in [1.82, 2.24) is 10.3 Å². The summed E-state index contributed by atoms with van der Waals surface area (Å²) in [4.78, 5) is 21.7. The van der Waals surface area contributed by atoms with Crippen LogP contribution in [0, 0.1) is 0 Å². The summed E-state index contributed by atoms with van der Waals surface area (Å²) in [7, 11) is 2.11. The molecule has 1 saturated heterocycles. The van der Waals surface area contributed by atoms with Crippen LogP contribution in [0.5, 0.6) is 0 Å². The highest BCUT2D eigenvalue weighted by Crippen LogP contribution is 2.43. The molecule has 4 rings (SSSR count). The number of hydrogen-bond donors (Lipinski definition) is 1. The maximum absolute atomic E-state index is 13.1. The molecular weight excluding hydrogens is 360 g/mol. The molecule has 0 atom stereocenters. The van der Waals surface area contributed by atoms with Gasteiger partial charge in [-0.1, -0.05) is 11.6 Å². The molecule has 0 spiro atoms. The second-order valence-corrected chi connectivity index (χ2v) is 8.32. The number of carbonyl (C=O) groups excluding carboxylic acids is 1. The van der Waals surface area contributed by atoms with Gasteiger partial charge in [0, 0.05) is 23.7 Å². The number of fused-ring (bicyclic) bond motifs is 1. The van der Waals surface area contributed by atoms with Gasteiger partial charge in [-0.3, -0.25) is 14.7 Å². The van der Waals surface area contributed by atoms with E-state index in [0.717, 1.165) is 42.9 Å². The molecule has 0 radical (unpaired) electrons. The van der Waals surface area contributed by atoms with Gasteiger partial charge in [-0.15, -0.1) is 0 Å². The van der Waals surface area contributed by atoms with Crippen molar-refractivity contribution in [3.8, 4) is 0 Å². The fraction of sp³-hybridized carbons (Fsp3) is 0.429. The Kier molecular flexibility index (Phi) is 4.60. The maximum atomic E-state index is 13.1. The molecule has 0 unspecified atom stereocenters. The van der Waals surface area contributed by atoms with E-state index in [1.807, 2.05) is 23.2 Å². The summed E-state index contributed by atoms with van der Waals surface area (Å²) in [5.41, 5.74) is 3.04. The van der Waals surface area contributed by atoms with Gasteiger partial charge in [-0.2, -0.15) is 0 Å². The minimum atomic E-state index is -0.481. The van der Waals surface area contributed by atoms with Crippen molar-refractivity contribution in [3.63, 3.8) is 0 Å². The number of nitrogens with one attached hydrogen (secondary N) is 1. The molecule has 1 aromatic heterocycles. The fourth-order valence-corrected chi connectivity index (χ4v) is 4.45.